The van der Waals surface area contributed by atoms with Crippen molar-refractivity contribution in [2.75, 3.05) is 6.61 Å². The van der Waals surface area contributed by atoms with Crippen LogP contribution in [0.2, 0.25) is 0 Å². The van der Waals surface area contributed by atoms with Gasteiger partial charge in [-0.2, -0.15) is 0 Å². The molecule has 0 aliphatic rings. The van der Waals surface area contributed by atoms with Gasteiger partial charge in [0.15, 0.2) is 0 Å². The van der Waals surface area contributed by atoms with Crippen LogP contribution in [-0.2, 0) is 11.3 Å². The van der Waals surface area contributed by atoms with E-state index in [1.807, 2.05) is 37.3 Å². The summed E-state index contributed by atoms with van der Waals surface area (Å²) >= 11 is 0. The van der Waals surface area contributed by atoms with Gasteiger partial charge >= 0.3 is 0 Å². The molecule has 0 radical (unpaired) electrons. The first-order chi connectivity index (χ1) is 8.59. The maximum absolute atomic E-state index is 11.9. The van der Waals surface area contributed by atoms with Crippen LogP contribution in [-0.4, -0.2) is 17.6 Å². The minimum atomic E-state index is -0.102. The third-order valence-electron chi connectivity index (χ3n) is 3.49. The summed E-state index contributed by atoms with van der Waals surface area (Å²) in [5, 5.41) is 11.9. The summed E-state index contributed by atoms with van der Waals surface area (Å²) in [7, 11) is 0. The Morgan fingerprint density at radius 1 is 1.33 bits per heavy atom. The molecule has 3 nitrogen and oxygen atoms in total. The number of benzene rings is 1. The second-order valence-electron chi connectivity index (χ2n) is 5.08. The molecule has 0 saturated carbocycles. The molecule has 0 fully saturated rings. The number of nitrogens with one attached hydrogen (secondary N) is 1. The molecule has 0 spiro atoms. The fourth-order valence-electron chi connectivity index (χ4n) is 1.91. The summed E-state index contributed by atoms with van der Waals surface area (Å²) in [4.78, 5) is 11.9. The van der Waals surface area contributed by atoms with Crippen LogP contribution in [0.1, 0.15) is 38.7 Å². The number of carbonyl (C=O) groups excluding carboxylic acids is 1. The molecule has 3 heteroatoms. The molecule has 0 saturated heterocycles. The van der Waals surface area contributed by atoms with E-state index in [4.69, 9.17) is 5.11 Å². The zero-order valence-corrected chi connectivity index (χ0v) is 11.3. The Kier molecular flexibility index (Phi) is 5.86. The Hall–Kier alpha value is -1.35. The van der Waals surface area contributed by atoms with E-state index in [-0.39, 0.29) is 17.9 Å². The second kappa shape index (κ2) is 7.17. The van der Waals surface area contributed by atoms with Gasteiger partial charge in [-0.15, -0.1) is 0 Å². The molecule has 0 aliphatic heterocycles. The smallest absolute Gasteiger partial charge is 0.220 e. The molecule has 1 unspecified atom stereocenters. The van der Waals surface area contributed by atoms with E-state index in [1.165, 1.54) is 0 Å². The van der Waals surface area contributed by atoms with Gasteiger partial charge in [0.2, 0.25) is 5.91 Å². The Bertz CT molecular complexity index is 364. The maximum Gasteiger partial charge on any atom is 0.220 e. The molecular formula is C15H23NO2. The number of aliphatic hydroxyl groups excluding tert-OH is 1. The van der Waals surface area contributed by atoms with Gasteiger partial charge in [0.25, 0.3) is 0 Å². The van der Waals surface area contributed by atoms with Gasteiger partial charge in [0.1, 0.15) is 0 Å². The Morgan fingerprint density at radius 2 is 2.00 bits per heavy atom. The molecule has 1 aromatic rings. The molecule has 0 aliphatic carbocycles. The normalized spacial score (nSPS) is 13.9. The number of aliphatic hydroxyl groups is 1. The number of rotatable bonds is 7. The van der Waals surface area contributed by atoms with Crippen LogP contribution in [0.5, 0.6) is 0 Å². The van der Waals surface area contributed by atoms with E-state index >= 15 is 0 Å². The summed E-state index contributed by atoms with van der Waals surface area (Å²) in [6.07, 6.45) is 2.03. The number of hydrogen-bond donors (Lipinski definition) is 2. The lowest BCUT2D eigenvalue weighted by Gasteiger charge is -2.26. The third kappa shape index (κ3) is 4.88. The third-order valence-corrected chi connectivity index (χ3v) is 3.49. The van der Waals surface area contributed by atoms with Crippen molar-refractivity contribution in [3.05, 3.63) is 35.9 Å². The molecule has 0 aromatic heterocycles. The summed E-state index contributed by atoms with van der Waals surface area (Å²) in [5.74, 6) is 0.0525. The highest BCUT2D eigenvalue weighted by Gasteiger charge is 2.24. The predicted octanol–water partition coefficient (Wildman–Crippen LogP) is 2.49. The molecule has 100 valence electrons. The van der Waals surface area contributed by atoms with Gasteiger partial charge in [-0.3, -0.25) is 4.79 Å². The van der Waals surface area contributed by atoms with Crippen LogP contribution in [0.25, 0.3) is 0 Å². The van der Waals surface area contributed by atoms with E-state index in [0.717, 1.165) is 12.0 Å². The Labute approximate surface area is 109 Å². The monoisotopic (exact) mass is 249 g/mol. The largest absolute Gasteiger partial charge is 0.396 e. The Morgan fingerprint density at radius 3 is 2.56 bits per heavy atom. The fourth-order valence-corrected chi connectivity index (χ4v) is 1.91. The van der Waals surface area contributed by atoms with Crippen molar-refractivity contribution in [1.82, 2.24) is 5.32 Å². The van der Waals surface area contributed by atoms with Crippen LogP contribution in [0.3, 0.4) is 0 Å². The summed E-state index contributed by atoms with van der Waals surface area (Å²) < 4.78 is 0. The minimum absolute atomic E-state index is 0.0525. The van der Waals surface area contributed by atoms with Crippen LogP contribution >= 0.6 is 0 Å². The second-order valence-corrected chi connectivity index (χ2v) is 5.08. The first-order valence-corrected chi connectivity index (χ1v) is 6.51. The highest BCUT2D eigenvalue weighted by atomic mass is 16.3. The number of hydrogen-bond acceptors (Lipinski definition) is 2. The lowest BCUT2D eigenvalue weighted by molar-refractivity contribution is -0.123. The topological polar surface area (TPSA) is 49.3 Å². The summed E-state index contributed by atoms with van der Waals surface area (Å²) in [6.45, 7) is 4.81. The van der Waals surface area contributed by atoms with Gasteiger partial charge in [-0.05, 0) is 17.4 Å². The van der Waals surface area contributed by atoms with E-state index in [9.17, 15) is 4.79 Å². The van der Waals surface area contributed by atoms with Crippen molar-refractivity contribution in [3.63, 3.8) is 0 Å². The predicted molar refractivity (Wildman–Crippen MR) is 73.0 cm³/mol. The van der Waals surface area contributed by atoms with Gasteiger partial charge in [-0.25, -0.2) is 0 Å². The maximum atomic E-state index is 11.9. The van der Waals surface area contributed by atoms with E-state index in [2.05, 4.69) is 12.2 Å². The molecule has 1 aromatic carbocycles. The van der Waals surface area contributed by atoms with E-state index in [0.29, 0.717) is 19.4 Å². The zero-order chi connectivity index (χ0) is 13.4. The summed E-state index contributed by atoms with van der Waals surface area (Å²) in [5.41, 5.74) is 1.00. The highest BCUT2D eigenvalue weighted by Crippen LogP contribution is 2.29. The van der Waals surface area contributed by atoms with Crippen molar-refractivity contribution in [1.29, 1.82) is 0 Å². The van der Waals surface area contributed by atoms with Crippen molar-refractivity contribution in [2.45, 2.75) is 39.7 Å². The van der Waals surface area contributed by atoms with Gasteiger partial charge in [0.05, 0.1) is 0 Å². The van der Waals surface area contributed by atoms with Gasteiger partial charge < -0.3 is 10.4 Å². The van der Waals surface area contributed by atoms with Crippen molar-refractivity contribution in [3.8, 4) is 0 Å². The quantitative estimate of drug-likeness (QED) is 0.780. The van der Waals surface area contributed by atoms with Gasteiger partial charge in [-0.1, -0.05) is 50.6 Å². The number of carbonyl (C=O) groups is 1. The molecule has 1 atom stereocenters. The fraction of sp³-hybridized carbons (Fsp3) is 0.533. The SMILES string of the molecule is CCC(C)(CCO)CC(=O)NCc1ccccc1. The zero-order valence-electron chi connectivity index (χ0n) is 11.3. The Balaban J connectivity index is 2.41. The van der Waals surface area contributed by atoms with Crippen molar-refractivity contribution < 1.29 is 9.90 Å². The minimum Gasteiger partial charge on any atom is -0.396 e. The highest BCUT2D eigenvalue weighted by molar-refractivity contribution is 5.76. The molecule has 1 amide bonds. The summed E-state index contributed by atoms with van der Waals surface area (Å²) in [6, 6.07) is 9.87. The van der Waals surface area contributed by atoms with Crippen LogP contribution in [0, 0.1) is 5.41 Å². The average Bonchev–Trinajstić information content (AvgIpc) is 2.38. The molecule has 0 heterocycles. The van der Waals surface area contributed by atoms with Crippen molar-refractivity contribution in [2.24, 2.45) is 5.41 Å². The lowest BCUT2D eigenvalue weighted by Crippen LogP contribution is -2.30. The number of amides is 1. The van der Waals surface area contributed by atoms with Crippen LogP contribution < -0.4 is 5.32 Å². The molecule has 2 N–H and O–H groups in total. The average molecular weight is 249 g/mol. The van der Waals surface area contributed by atoms with Crippen LogP contribution in [0.15, 0.2) is 30.3 Å². The molecule has 0 bridgehead atoms. The van der Waals surface area contributed by atoms with Crippen molar-refractivity contribution >= 4 is 5.91 Å². The molecular weight excluding hydrogens is 226 g/mol. The first-order valence-electron chi connectivity index (χ1n) is 6.51. The van der Waals surface area contributed by atoms with E-state index < -0.39 is 0 Å². The van der Waals surface area contributed by atoms with E-state index in [1.54, 1.807) is 0 Å². The standard InChI is InChI=1S/C15H23NO2/c1-3-15(2,9-10-17)11-14(18)16-12-13-7-5-4-6-8-13/h4-8,17H,3,9-12H2,1-2H3,(H,16,18). The van der Waals surface area contributed by atoms with Crippen LogP contribution in [0.4, 0.5) is 0 Å². The van der Waals surface area contributed by atoms with Gasteiger partial charge in [0, 0.05) is 19.6 Å². The molecule has 1 rings (SSSR count). The lowest BCUT2D eigenvalue weighted by atomic mass is 9.81. The molecule has 18 heavy (non-hydrogen) atoms. The first kappa shape index (κ1) is 14.7.